The molecule has 2 heterocycles. The van der Waals surface area contributed by atoms with E-state index in [0.717, 1.165) is 23.0 Å². The Hall–Kier alpha value is -3.24. The molecule has 0 spiro atoms. The highest BCUT2D eigenvalue weighted by molar-refractivity contribution is 7.90. The Bertz CT molecular complexity index is 1400. The lowest BCUT2D eigenvalue weighted by molar-refractivity contribution is -0.118. The Morgan fingerprint density at radius 3 is 2.53 bits per heavy atom. The van der Waals surface area contributed by atoms with Gasteiger partial charge in [0.1, 0.15) is 11.3 Å². The van der Waals surface area contributed by atoms with E-state index in [1.165, 1.54) is 11.0 Å². The summed E-state index contributed by atoms with van der Waals surface area (Å²) in [5, 5.41) is 0.209. The van der Waals surface area contributed by atoms with Crippen LogP contribution in [0.25, 0.3) is 10.2 Å². The van der Waals surface area contributed by atoms with Crippen LogP contribution in [0, 0.1) is 11.6 Å². The van der Waals surface area contributed by atoms with Crippen molar-refractivity contribution in [2.75, 3.05) is 10.7 Å². The topological polar surface area (TPSA) is 80.2 Å². The summed E-state index contributed by atoms with van der Waals surface area (Å²) in [4.78, 5) is 22.8. The molecule has 0 radical (unpaired) electrons. The zero-order valence-corrected chi connectivity index (χ0v) is 19.7. The number of aromatic nitrogens is 2. The number of hydrogen-bond acceptors (Lipinski definition) is 6. The standard InChI is InChI=1S/C24H21F2N3O3S2/c25-19-12-20(26)23-21(13-19)33-24(28-23)29(15-18-8-4-10-27-14-18)22(30)9-5-11-34(31,32)16-17-6-2-1-3-7-17/h1-4,6-8,10,12-14H,5,9,11,15-16H2. The summed E-state index contributed by atoms with van der Waals surface area (Å²) < 4.78 is 53.1. The van der Waals surface area contributed by atoms with Gasteiger partial charge in [0.2, 0.25) is 5.91 Å². The van der Waals surface area contributed by atoms with Crippen LogP contribution in [0.5, 0.6) is 0 Å². The van der Waals surface area contributed by atoms with Crippen molar-refractivity contribution in [1.82, 2.24) is 9.97 Å². The van der Waals surface area contributed by atoms with Gasteiger partial charge in [-0.3, -0.25) is 14.7 Å². The Kier molecular flexibility index (Phi) is 7.28. The predicted molar refractivity (Wildman–Crippen MR) is 128 cm³/mol. The molecule has 0 atom stereocenters. The minimum Gasteiger partial charge on any atom is -0.284 e. The van der Waals surface area contributed by atoms with Gasteiger partial charge in [-0.2, -0.15) is 0 Å². The molecular weight excluding hydrogens is 480 g/mol. The number of carbonyl (C=O) groups is 1. The first-order chi connectivity index (χ1) is 16.3. The van der Waals surface area contributed by atoms with E-state index in [-0.39, 0.29) is 52.1 Å². The average molecular weight is 502 g/mol. The number of anilines is 1. The van der Waals surface area contributed by atoms with Gasteiger partial charge in [-0.05, 0) is 29.7 Å². The Labute approximate surface area is 199 Å². The first-order valence-electron chi connectivity index (χ1n) is 10.5. The van der Waals surface area contributed by atoms with Crippen LogP contribution in [0.2, 0.25) is 0 Å². The molecule has 34 heavy (non-hydrogen) atoms. The fraction of sp³-hybridized carbons (Fsp3) is 0.208. The van der Waals surface area contributed by atoms with E-state index in [2.05, 4.69) is 9.97 Å². The van der Waals surface area contributed by atoms with E-state index in [1.54, 1.807) is 48.8 Å². The summed E-state index contributed by atoms with van der Waals surface area (Å²) in [7, 11) is -3.40. The van der Waals surface area contributed by atoms with Crippen LogP contribution >= 0.6 is 11.3 Å². The summed E-state index contributed by atoms with van der Waals surface area (Å²) in [5.74, 6) is -2.14. The summed E-state index contributed by atoms with van der Waals surface area (Å²) in [6.07, 6.45) is 3.29. The Morgan fingerprint density at radius 1 is 1.03 bits per heavy atom. The number of nitrogens with zero attached hydrogens (tertiary/aromatic N) is 3. The lowest BCUT2D eigenvalue weighted by Crippen LogP contribution is -2.30. The van der Waals surface area contributed by atoms with Crippen LogP contribution in [-0.4, -0.2) is 30.0 Å². The van der Waals surface area contributed by atoms with Crippen molar-refractivity contribution in [2.24, 2.45) is 0 Å². The molecule has 0 fully saturated rings. The maximum Gasteiger partial charge on any atom is 0.229 e. The van der Waals surface area contributed by atoms with Gasteiger partial charge in [-0.15, -0.1) is 0 Å². The van der Waals surface area contributed by atoms with Gasteiger partial charge >= 0.3 is 0 Å². The van der Waals surface area contributed by atoms with Crippen molar-refractivity contribution in [3.63, 3.8) is 0 Å². The molecule has 10 heteroatoms. The lowest BCUT2D eigenvalue weighted by Gasteiger charge is -2.20. The molecule has 6 nitrogen and oxygen atoms in total. The second kappa shape index (κ2) is 10.4. The molecule has 176 valence electrons. The molecule has 2 aromatic heterocycles. The molecule has 0 N–H and O–H groups in total. The molecular formula is C24H21F2N3O3S2. The number of rotatable bonds is 9. The Morgan fingerprint density at radius 2 is 1.79 bits per heavy atom. The first-order valence-corrected chi connectivity index (χ1v) is 13.1. The van der Waals surface area contributed by atoms with Crippen LogP contribution in [-0.2, 0) is 26.9 Å². The smallest absolute Gasteiger partial charge is 0.229 e. The molecule has 1 amide bonds. The normalized spacial score (nSPS) is 11.6. The fourth-order valence-corrected chi connectivity index (χ4v) is 5.93. The largest absolute Gasteiger partial charge is 0.284 e. The number of pyridine rings is 1. The van der Waals surface area contributed by atoms with Crippen molar-refractivity contribution in [3.05, 3.63) is 89.8 Å². The molecule has 0 unspecified atom stereocenters. The molecule has 0 saturated heterocycles. The highest BCUT2D eigenvalue weighted by Crippen LogP contribution is 2.32. The number of sulfone groups is 1. The number of amides is 1. The van der Waals surface area contributed by atoms with Gasteiger partial charge < -0.3 is 0 Å². The third kappa shape index (κ3) is 6.00. The SMILES string of the molecule is O=C(CCCS(=O)(=O)Cc1ccccc1)N(Cc1cccnc1)c1nc2c(F)cc(F)cc2s1. The van der Waals surface area contributed by atoms with Crippen LogP contribution < -0.4 is 4.90 Å². The van der Waals surface area contributed by atoms with Crippen molar-refractivity contribution in [2.45, 2.75) is 25.1 Å². The molecule has 0 saturated carbocycles. The number of thiazole rings is 1. The second-order valence-electron chi connectivity index (χ2n) is 7.75. The second-order valence-corrected chi connectivity index (χ2v) is 10.9. The number of fused-ring (bicyclic) bond motifs is 1. The fourth-order valence-electron chi connectivity index (χ4n) is 3.48. The summed E-state index contributed by atoms with van der Waals surface area (Å²) in [6, 6.07) is 14.3. The number of benzene rings is 2. The maximum atomic E-state index is 14.2. The quantitative estimate of drug-likeness (QED) is 0.326. The summed E-state index contributed by atoms with van der Waals surface area (Å²) in [5.41, 5.74) is 1.39. The van der Waals surface area contributed by atoms with Gasteiger partial charge in [0.15, 0.2) is 20.8 Å². The van der Waals surface area contributed by atoms with E-state index >= 15 is 0 Å². The highest BCUT2D eigenvalue weighted by Gasteiger charge is 2.22. The minimum absolute atomic E-state index is 0.0178. The van der Waals surface area contributed by atoms with Gasteiger partial charge in [0, 0.05) is 24.9 Å². The highest BCUT2D eigenvalue weighted by atomic mass is 32.2. The molecule has 0 aliphatic heterocycles. The third-order valence-corrected chi connectivity index (χ3v) is 7.78. The zero-order chi connectivity index (χ0) is 24.1. The van der Waals surface area contributed by atoms with Crippen molar-refractivity contribution in [1.29, 1.82) is 0 Å². The number of carbonyl (C=O) groups excluding carboxylic acids is 1. The van der Waals surface area contributed by atoms with Crippen LogP contribution in [0.1, 0.15) is 24.0 Å². The Balaban J connectivity index is 1.51. The van der Waals surface area contributed by atoms with Gasteiger partial charge in [-0.25, -0.2) is 22.2 Å². The van der Waals surface area contributed by atoms with Crippen molar-refractivity contribution < 1.29 is 22.0 Å². The molecule has 2 aromatic carbocycles. The van der Waals surface area contributed by atoms with Crippen molar-refractivity contribution >= 4 is 42.4 Å². The van der Waals surface area contributed by atoms with E-state index in [0.29, 0.717) is 5.56 Å². The molecule has 4 aromatic rings. The van der Waals surface area contributed by atoms with Gasteiger partial charge in [0.05, 0.1) is 22.8 Å². The van der Waals surface area contributed by atoms with Crippen LogP contribution in [0.4, 0.5) is 13.9 Å². The average Bonchev–Trinajstić information content (AvgIpc) is 3.22. The number of halogens is 2. The summed E-state index contributed by atoms with van der Waals surface area (Å²) >= 11 is 0.997. The minimum atomic E-state index is -3.40. The van der Waals surface area contributed by atoms with Gasteiger partial charge in [0.25, 0.3) is 0 Å². The van der Waals surface area contributed by atoms with Crippen LogP contribution in [0.3, 0.4) is 0 Å². The molecule has 0 aliphatic carbocycles. The predicted octanol–water partition coefficient (Wildman–Crippen LogP) is 4.90. The molecule has 0 bridgehead atoms. The number of hydrogen-bond donors (Lipinski definition) is 0. The molecule has 4 rings (SSSR count). The van der Waals surface area contributed by atoms with Crippen molar-refractivity contribution in [3.8, 4) is 0 Å². The first kappa shape index (κ1) is 23.9. The summed E-state index contributed by atoms with van der Waals surface area (Å²) in [6.45, 7) is 0.118. The third-order valence-electron chi connectivity index (χ3n) is 5.07. The molecule has 0 aliphatic rings. The zero-order valence-electron chi connectivity index (χ0n) is 18.0. The van der Waals surface area contributed by atoms with Crippen LogP contribution in [0.15, 0.2) is 67.0 Å². The van der Waals surface area contributed by atoms with E-state index < -0.39 is 21.5 Å². The van der Waals surface area contributed by atoms with E-state index in [9.17, 15) is 22.0 Å². The van der Waals surface area contributed by atoms with E-state index in [1.807, 2.05) is 6.07 Å². The maximum absolute atomic E-state index is 14.2. The van der Waals surface area contributed by atoms with Gasteiger partial charge in [-0.1, -0.05) is 47.7 Å². The van der Waals surface area contributed by atoms with E-state index in [4.69, 9.17) is 0 Å². The monoisotopic (exact) mass is 501 g/mol. The lowest BCUT2D eigenvalue weighted by atomic mass is 10.2.